The Kier molecular flexibility index (Phi) is 1.91. The molecule has 0 aliphatic carbocycles. The summed E-state index contributed by atoms with van der Waals surface area (Å²) in [4.78, 5) is 0. The van der Waals surface area contributed by atoms with Gasteiger partial charge in [-0.15, -0.1) is 0 Å². The summed E-state index contributed by atoms with van der Waals surface area (Å²) < 4.78 is 3.54. The SMILES string of the molecule is Cc1nn2c(c1I)CCCC2. The summed E-state index contributed by atoms with van der Waals surface area (Å²) in [6, 6.07) is 0. The second kappa shape index (κ2) is 2.77. The van der Waals surface area contributed by atoms with Gasteiger partial charge in [0.2, 0.25) is 0 Å². The molecule has 0 saturated carbocycles. The minimum atomic E-state index is 1.12. The quantitative estimate of drug-likeness (QED) is 0.655. The number of hydrogen-bond donors (Lipinski definition) is 0. The maximum atomic E-state index is 4.46. The van der Waals surface area contributed by atoms with Crippen LogP contribution in [0.1, 0.15) is 24.2 Å². The Morgan fingerprint density at radius 1 is 1.45 bits per heavy atom. The molecular weight excluding hydrogens is 251 g/mol. The third kappa shape index (κ3) is 1.19. The summed E-state index contributed by atoms with van der Waals surface area (Å²) in [6.45, 7) is 3.21. The molecule has 0 aromatic carbocycles. The second-order valence-corrected chi connectivity index (χ2v) is 4.11. The maximum absolute atomic E-state index is 4.46. The zero-order valence-electron chi connectivity index (χ0n) is 6.60. The zero-order valence-corrected chi connectivity index (χ0v) is 8.76. The van der Waals surface area contributed by atoms with Crippen LogP contribution in [0.25, 0.3) is 0 Å². The molecule has 0 radical (unpaired) electrons. The maximum Gasteiger partial charge on any atom is 0.0730 e. The highest BCUT2D eigenvalue weighted by atomic mass is 127. The summed E-state index contributed by atoms with van der Waals surface area (Å²) in [5.74, 6) is 0. The van der Waals surface area contributed by atoms with Crippen molar-refractivity contribution in [2.45, 2.75) is 32.7 Å². The Hall–Kier alpha value is -0.0600. The molecule has 0 N–H and O–H groups in total. The average Bonchev–Trinajstić information content (AvgIpc) is 2.30. The van der Waals surface area contributed by atoms with Crippen molar-refractivity contribution < 1.29 is 0 Å². The van der Waals surface area contributed by atoms with Gasteiger partial charge in [-0.1, -0.05) is 0 Å². The van der Waals surface area contributed by atoms with Gasteiger partial charge in [-0.3, -0.25) is 4.68 Å². The predicted molar refractivity (Wildman–Crippen MR) is 52.6 cm³/mol. The third-order valence-electron chi connectivity index (χ3n) is 2.19. The molecule has 60 valence electrons. The fourth-order valence-electron chi connectivity index (χ4n) is 1.59. The number of halogens is 1. The molecule has 11 heavy (non-hydrogen) atoms. The van der Waals surface area contributed by atoms with Crippen molar-refractivity contribution >= 4 is 22.6 Å². The number of aromatic nitrogens is 2. The van der Waals surface area contributed by atoms with Crippen molar-refractivity contribution in [2.75, 3.05) is 0 Å². The van der Waals surface area contributed by atoms with Gasteiger partial charge in [0, 0.05) is 6.54 Å². The van der Waals surface area contributed by atoms with E-state index < -0.39 is 0 Å². The molecule has 1 aliphatic heterocycles. The molecule has 0 spiro atoms. The molecule has 2 nitrogen and oxygen atoms in total. The topological polar surface area (TPSA) is 17.8 Å². The summed E-state index contributed by atoms with van der Waals surface area (Å²) in [7, 11) is 0. The minimum Gasteiger partial charge on any atom is -0.268 e. The fourth-order valence-corrected chi connectivity index (χ4v) is 2.24. The normalized spacial score (nSPS) is 16.5. The number of hydrogen-bond acceptors (Lipinski definition) is 1. The molecule has 0 bridgehead atoms. The van der Waals surface area contributed by atoms with Crippen molar-refractivity contribution in [3.63, 3.8) is 0 Å². The van der Waals surface area contributed by atoms with Crippen LogP contribution >= 0.6 is 22.6 Å². The van der Waals surface area contributed by atoms with E-state index in [0.717, 1.165) is 6.54 Å². The van der Waals surface area contributed by atoms with Crippen LogP contribution in [0.5, 0.6) is 0 Å². The van der Waals surface area contributed by atoms with Gasteiger partial charge >= 0.3 is 0 Å². The Balaban J connectivity index is 2.50. The summed E-state index contributed by atoms with van der Waals surface area (Å²) in [5.41, 5.74) is 2.65. The predicted octanol–water partition coefficient (Wildman–Crippen LogP) is 2.13. The molecule has 1 aliphatic rings. The third-order valence-corrected chi connectivity index (χ3v) is 3.59. The van der Waals surface area contributed by atoms with Gasteiger partial charge in [-0.05, 0) is 48.8 Å². The molecule has 1 aromatic heterocycles. The van der Waals surface area contributed by atoms with E-state index in [9.17, 15) is 0 Å². The van der Waals surface area contributed by atoms with Crippen LogP contribution < -0.4 is 0 Å². The molecule has 0 saturated heterocycles. The highest BCUT2D eigenvalue weighted by Gasteiger charge is 2.15. The number of nitrogens with zero attached hydrogens (tertiary/aromatic N) is 2. The molecule has 2 rings (SSSR count). The monoisotopic (exact) mass is 262 g/mol. The van der Waals surface area contributed by atoms with Crippen LogP contribution in [-0.2, 0) is 13.0 Å². The first-order valence-electron chi connectivity index (χ1n) is 4.01. The van der Waals surface area contributed by atoms with E-state index in [1.54, 1.807) is 0 Å². The largest absolute Gasteiger partial charge is 0.268 e. The Bertz CT molecular complexity index is 278. The van der Waals surface area contributed by atoms with Gasteiger partial charge in [0.25, 0.3) is 0 Å². The van der Waals surface area contributed by atoms with E-state index in [4.69, 9.17) is 0 Å². The lowest BCUT2D eigenvalue weighted by molar-refractivity contribution is 0.483. The van der Waals surface area contributed by atoms with Crippen LogP contribution in [0.2, 0.25) is 0 Å². The number of aryl methyl sites for hydroxylation is 2. The van der Waals surface area contributed by atoms with Gasteiger partial charge in [0.15, 0.2) is 0 Å². The first kappa shape index (κ1) is 7.58. The van der Waals surface area contributed by atoms with Crippen LogP contribution in [-0.4, -0.2) is 9.78 Å². The van der Waals surface area contributed by atoms with E-state index in [0.29, 0.717) is 0 Å². The molecule has 0 amide bonds. The van der Waals surface area contributed by atoms with Crippen LogP contribution in [0, 0.1) is 10.5 Å². The van der Waals surface area contributed by atoms with Crippen molar-refractivity contribution in [3.8, 4) is 0 Å². The van der Waals surface area contributed by atoms with Gasteiger partial charge in [-0.2, -0.15) is 5.10 Å². The molecule has 0 atom stereocenters. The fraction of sp³-hybridized carbons (Fsp3) is 0.625. The molecule has 3 heteroatoms. The smallest absolute Gasteiger partial charge is 0.0730 e. The lowest BCUT2D eigenvalue weighted by Gasteiger charge is -2.12. The Morgan fingerprint density at radius 2 is 2.27 bits per heavy atom. The van der Waals surface area contributed by atoms with Crippen molar-refractivity contribution in [1.82, 2.24) is 9.78 Å². The Labute approximate surface area is 80.1 Å². The van der Waals surface area contributed by atoms with Crippen LogP contribution in [0.3, 0.4) is 0 Å². The van der Waals surface area contributed by atoms with E-state index in [-0.39, 0.29) is 0 Å². The molecule has 0 unspecified atom stereocenters. The van der Waals surface area contributed by atoms with Crippen LogP contribution in [0.4, 0.5) is 0 Å². The number of fused-ring (bicyclic) bond motifs is 1. The zero-order chi connectivity index (χ0) is 7.84. The molecular formula is C8H11IN2. The van der Waals surface area contributed by atoms with Gasteiger partial charge in [-0.25, -0.2) is 0 Å². The van der Waals surface area contributed by atoms with Gasteiger partial charge in [0.1, 0.15) is 0 Å². The van der Waals surface area contributed by atoms with Crippen molar-refractivity contribution in [3.05, 3.63) is 15.0 Å². The van der Waals surface area contributed by atoms with Gasteiger partial charge in [0.05, 0.1) is 15.0 Å². The van der Waals surface area contributed by atoms with Crippen molar-refractivity contribution in [1.29, 1.82) is 0 Å². The second-order valence-electron chi connectivity index (χ2n) is 3.03. The number of rotatable bonds is 0. The lowest BCUT2D eigenvalue weighted by atomic mass is 10.1. The summed E-state index contributed by atoms with van der Waals surface area (Å²) >= 11 is 2.40. The van der Waals surface area contributed by atoms with Crippen LogP contribution in [0.15, 0.2) is 0 Å². The van der Waals surface area contributed by atoms with E-state index >= 15 is 0 Å². The van der Waals surface area contributed by atoms with E-state index in [2.05, 4.69) is 39.3 Å². The first-order chi connectivity index (χ1) is 5.29. The van der Waals surface area contributed by atoms with Gasteiger partial charge < -0.3 is 0 Å². The van der Waals surface area contributed by atoms with E-state index in [1.807, 2.05) is 0 Å². The Morgan fingerprint density at radius 3 is 3.00 bits per heavy atom. The highest BCUT2D eigenvalue weighted by molar-refractivity contribution is 14.1. The summed E-state index contributed by atoms with van der Waals surface area (Å²) in [5, 5.41) is 4.46. The molecule has 1 aromatic rings. The first-order valence-corrected chi connectivity index (χ1v) is 5.08. The van der Waals surface area contributed by atoms with Crippen molar-refractivity contribution in [2.24, 2.45) is 0 Å². The van der Waals surface area contributed by atoms with E-state index in [1.165, 1.54) is 34.2 Å². The standard InChI is InChI=1S/C8H11IN2/c1-6-8(9)7-4-2-3-5-11(7)10-6/h2-5H2,1H3. The lowest BCUT2D eigenvalue weighted by Crippen LogP contribution is -2.11. The molecule has 0 fully saturated rings. The molecule has 2 heterocycles. The summed E-state index contributed by atoms with van der Waals surface area (Å²) in [6.07, 6.45) is 3.85. The average molecular weight is 262 g/mol. The highest BCUT2D eigenvalue weighted by Crippen LogP contribution is 2.22. The minimum absolute atomic E-state index is 1.12.